The van der Waals surface area contributed by atoms with Gasteiger partial charge in [-0.05, 0) is 13.8 Å². The van der Waals surface area contributed by atoms with Crippen molar-refractivity contribution in [3.63, 3.8) is 0 Å². The van der Waals surface area contributed by atoms with Crippen LogP contribution >= 0.6 is 12.5 Å². The number of thiol groups is 1. The molecule has 11 heavy (non-hydrogen) atoms. The topological polar surface area (TPSA) is 29.3 Å². The van der Waals surface area contributed by atoms with Gasteiger partial charge in [-0.3, -0.25) is 0 Å². The number of nitrogens with two attached hydrogens (primary N) is 1. The summed E-state index contributed by atoms with van der Waals surface area (Å²) in [5, 5.41) is 1.57. The number of hydrazine groups is 1. The lowest BCUT2D eigenvalue weighted by Gasteiger charge is -2.17. The molecule has 2 N–H and O–H groups in total. The van der Waals surface area contributed by atoms with Crippen molar-refractivity contribution in [2.24, 2.45) is 5.84 Å². The maximum atomic E-state index is 5.57. The van der Waals surface area contributed by atoms with Gasteiger partial charge in [-0.2, -0.15) is 0 Å². The van der Waals surface area contributed by atoms with Crippen LogP contribution in [0.15, 0.2) is 23.3 Å². The Labute approximate surface area is 74.7 Å². The van der Waals surface area contributed by atoms with Gasteiger partial charge in [0.15, 0.2) is 0 Å². The van der Waals surface area contributed by atoms with E-state index in [1.807, 2.05) is 26.0 Å². The summed E-state index contributed by atoms with van der Waals surface area (Å²) in [5.41, 5.74) is 2.00. The third kappa shape index (κ3) is 3.03. The molecular formula is C7H14BN2S. The van der Waals surface area contributed by atoms with E-state index < -0.39 is 0 Å². The van der Waals surface area contributed by atoms with E-state index >= 15 is 0 Å². The van der Waals surface area contributed by atoms with Crippen LogP contribution in [0.25, 0.3) is 0 Å². The molecule has 0 atom stereocenters. The fourth-order valence-electron chi connectivity index (χ4n) is 0.862. The molecule has 0 aliphatic heterocycles. The van der Waals surface area contributed by atoms with Gasteiger partial charge in [0.05, 0.1) is 0 Å². The molecule has 1 radical (unpaired) electrons. The minimum absolute atomic E-state index is 0.975. The monoisotopic (exact) mass is 169 g/mol. The van der Waals surface area contributed by atoms with Crippen LogP contribution in [0.3, 0.4) is 0 Å². The molecule has 0 saturated heterocycles. The van der Waals surface area contributed by atoms with Crippen LogP contribution in [0.2, 0.25) is 0 Å². The number of nitrogens with zero attached hydrogens (tertiary/aromatic N) is 1. The highest BCUT2D eigenvalue weighted by atomic mass is 32.1. The van der Waals surface area contributed by atoms with Crippen molar-refractivity contribution < 1.29 is 0 Å². The predicted molar refractivity (Wildman–Crippen MR) is 54.2 cm³/mol. The fraction of sp³-hybridized carbons (Fsp3) is 0.429. The van der Waals surface area contributed by atoms with E-state index in [-0.39, 0.29) is 0 Å². The highest BCUT2D eigenvalue weighted by Crippen LogP contribution is 2.10. The van der Waals surface area contributed by atoms with Gasteiger partial charge in [0.1, 0.15) is 0 Å². The molecule has 0 aliphatic carbocycles. The maximum absolute atomic E-state index is 5.57. The number of hydrogen-bond acceptors (Lipinski definition) is 3. The van der Waals surface area contributed by atoms with Crippen molar-refractivity contribution in [1.82, 2.24) is 5.01 Å². The van der Waals surface area contributed by atoms with Crippen molar-refractivity contribution in [2.75, 3.05) is 7.05 Å². The minimum atomic E-state index is 0.975. The fourth-order valence-corrected chi connectivity index (χ4v) is 1.14. The van der Waals surface area contributed by atoms with Crippen LogP contribution in [-0.4, -0.2) is 18.6 Å². The molecule has 0 rings (SSSR count). The van der Waals surface area contributed by atoms with Gasteiger partial charge in [-0.1, -0.05) is 17.6 Å². The summed E-state index contributed by atoms with van der Waals surface area (Å²) in [5.74, 6) is 5.57. The number of allylic oxidation sites excluding steroid dienone is 3. The average molecular weight is 169 g/mol. The third-order valence-corrected chi connectivity index (χ3v) is 1.68. The van der Waals surface area contributed by atoms with Crippen molar-refractivity contribution in [3.8, 4) is 0 Å². The van der Waals surface area contributed by atoms with Gasteiger partial charge in [0, 0.05) is 12.7 Å². The Morgan fingerprint density at radius 3 is 2.09 bits per heavy atom. The summed E-state index contributed by atoms with van der Waals surface area (Å²) in [6.07, 6.45) is 3.91. The van der Waals surface area contributed by atoms with Crippen molar-refractivity contribution in [2.45, 2.75) is 13.8 Å². The van der Waals surface area contributed by atoms with E-state index in [1.165, 1.54) is 0 Å². The molecule has 0 amide bonds. The Bertz CT molecular complexity index is 175. The molecule has 0 aromatic heterocycles. The zero-order chi connectivity index (χ0) is 8.85. The highest BCUT2D eigenvalue weighted by Gasteiger charge is 2.03. The van der Waals surface area contributed by atoms with E-state index in [1.54, 1.807) is 18.6 Å². The molecule has 4 heteroatoms. The molecule has 0 heterocycles. The number of rotatable bonds is 3. The molecule has 2 nitrogen and oxygen atoms in total. The Hall–Kier alpha value is -0.345. The SMILES string of the molecule is C/C=C([B]S)\C(=C/C)N(C)N. The Morgan fingerprint density at radius 1 is 1.45 bits per heavy atom. The predicted octanol–water partition coefficient (Wildman–Crippen LogP) is 1.15. The van der Waals surface area contributed by atoms with E-state index in [0.717, 1.165) is 11.2 Å². The second kappa shape index (κ2) is 5.32. The highest BCUT2D eigenvalue weighted by molar-refractivity contribution is 8.07. The first kappa shape index (κ1) is 10.7. The largest absolute Gasteiger partial charge is 0.315 e. The molecule has 61 valence electrons. The summed E-state index contributed by atoms with van der Waals surface area (Å²) >= 11 is 4.07. The van der Waals surface area contributed by atoms with E-state index in [0.29, 0.717) is 0 Å². The minimum Gasteiger partial charge on any atom is -0.315 e. The second-order valence-corrected chi connectivity index (χ2v) is 2.42. The number of hydrogen-bond donors (Lipinski definition) is 2. The van der Waals surface area contributed by atoms with Gasteiger partial charge in [0.25, 0.3) is 0 Å². The zero-order valence-corrected chi connectivity index (χ0v) is 8.10. The summed E-state index contributed by atoms with van der Waals surface area (Å²) in [4.78, 5) is 0. The quantitative estimate of drug-likeness (QED) is 0.218. The first-order valence-electron chi connectivity index (χ1n) is 3.46. The molecule has 0 spiro atoms. The van der Waals surface area contributed by atoms with Gasteiger partial charge in [-0.25, -0.2) is 18.3 Å². The van der Waals surface area contributed by atoms with Crippen LogP contribution in [0.4, 0.5) is 0 Å². The van der Waals surface area contributed by atoms with Crippen LogP contribution in [0.1, 0.15) is 13.8 Å². The molecule has 0 aromatic rings. The van der Waals surface area contributed by atoms with Crippen LogP contribution in [0.5, 0.6) is 0 Å². The summed E-state index contributed by atoms with van der Waals surface area (Å²) in [6, 6.07) is 0. The van der Waals surface area contributed by atoms with E-state index in [4.69, 9.17) is 5.84 Å². The Morgan fingerprint density at radius 2 is 2.00 bits per heavy atom. The standard InChI is InChI=1S/C7H14BN2S/c1-4-6(8-11)7(5-2)10(3)9/h4-5,11H,9H2,1-3H3/b6-4+,7-5+. The second-order valence-electron chi connectivity index (χ2n) is 2.16. The van der Waals surface area contributed by atoms with Crippen molar-refractivity contribution in [3.05, 3.63) is 23.3 Å². The molecule has 0 aliphatic rings. The van der Waals surface area contributed by atoms with Crippen molar-refractivity contribution in [1.29, 1.82) is 0 Å². The van der Waals surface area contributed by atoms with Gasteiger partial charge < -0.3 is 5.01 Å². The summed E-state index contributed by atoms with van der Waals surface area (Å²) < 4.78 is 0. The lowest BCUT2D eigenvalue weighted by molar-refractivity contribution is 0.452. The Balaban J connectivity index is 4.51. The smallest absolute Gasteiger partial charge is 0.227 e. The lowest BCUT2D eigenvalue weighted by atomic mass is 9.90. The molecule has 0 unspecified atom stereocenters. The molecule has 0 bridgehead atoms. The molecule has 0 saturated carbocycles. The molecular weight excluding hydrogens is 155 g/mol. The molecule has 0 aromatic carbocycles. The summed E-state index contributed by atoms with van der Waals surface area (Å²) in [7, 11) is 1.80. The third-order valence-electron chi connectivity index (χ3n) is 1.40. The maximum Gasteiger partial charge on any atom is 0.227 e. The lowest BCUT2D eigenvalue weighted by Crippen LogP contribution is -2.26. The zero-order valence-electron chi connectivity index (χ0n) is 7.20. The van der Waals surface area contributed by atoms with Gasteiger partial charge in [0.2, 0.25) is 6.56 Å². The first-order valence-corrected chi connectivity index (χ1v) is 3.97. The number of likely N-dealkylation sites (N-methyl/N-ethyl adjacent to an activating group) is 1. The van der Waals surface area contributed by atoms with Crippen LogP contribution in [-0.2, 0) is 0 Å². The van der Waals surface area contributed by atoms with Crippen LogP contribution < -0.4 is 5.84 Å². The average Bonchev–Trinajstić information content (AvgIpc) is 1.99. The molecule has 0 fully saturated rings. The van der Waals surface area contributed by atoms with Gasteiger partial charge >= 0.3 is 0 Å². The summed E-state index contributed by atoms with van der Waals surface area (Å²) in [6.45, 7) is 5.63. The van der Waals surface area contributed by atoms with Crippen LogP contribution in [0, 0.1) is 0 Å². The Kier molecular flexibility index (Phi) is 5.16. The first-order chi connectivity index (χ1) is 5.17. The van der Waals surface area contributed by atoms with Crippen molar-refractivity contribution >= 4 is 19.0 Å². The van der Waals surface area contributed by atoms with Gasteiger partial charge in [-0.15, -0.1) is 0 Å². The normalized spacial score (nSPS) is 13.2. The van der Waals surface area contributed by atoms with E-state index in [9.17, 15) is 0 Å². The van der Waals surface area contributed by atoms with E-state index in [2.05, 4.69) is 12.5 Å².